The SMILES string of the molecule is CC1CCN(C2CCN(Sc3cccc(Cl)c3)CC2)CC1. The predicted octanol–water partition coefficient (Wildman–Crippen LogP) is 4.54. The van der Waals surface area contributed by atoms with Crippen molar-refractivity contribution in [2.24, 2.45) is 5.92 Å². The lowest BCUT2D eigenvalue weighted by molar-refractivity contribution is 0.103. The Bertz CT molecular complexity index is 452. The maximum absolute atomic E-state index is 6.06. The van der Waals surface area contributed by atoms with E-state index in [0.29, 0.717) is 0 Å². The van der Waals surface area contributed by atoms with Crippen LogP contribution in [0.2, 0.25) is 5.02 Å². The maximum atomic E-state index is 6.06. The minimum atomic E-state index is 0.814. The molecule has 21 heavy (non-hydrogen) atoms. The van der Waals surface area contributed by atoms with Gasteiger partial charge in [0, 0.05) is 29.0 Å². The average Bonchev–Trinajstić information content (AvgIpc) is 2.49. The minimum absolute atomic E-state index is 0.814. The first-order valence-corrected chi connectivity index (χ1v) is 9.28. The standard InChI is InChI=1S/C17H25ClN2S/c1-14-5-9-19(10-6-14)16-7-11-20(12-8-16)21-17-4-2-3-15(18)13-17/h2-4,13-14,16H,5-12H2,1H3. The summed E-state index contributed by atoms with van der Waals surface area (Å²) in [5.74, 6) is 0.930. The molecule has 3 rings (SSSR count). The number of rotatable bonds is 3. The van der Waals surface area contributed by atoms with E-state index in [2.05, 4.69) is 28.3 Å². The van der Waals surface area contributed by atoms with Gasteiger partial charge in [-0.05, 0) is 74.8 Å². The van der Waals surface area contributed by atoms with Crippen LogP contribution in [0.4, 0.5) is 0 Å². The van der Waals surface area contributed by atoms with E-state index in [4.69, 9.17) is 11.6 Å². The fourth-order valence-corrected chi connectivity index (χ4v) is 4.63. The fraction of sp³-hybridized carbons (Fsp3) is 0.647. The van der Waals surface area contributed by atoms with E-state index in [1.165, 1.54) is 56.8 Å². The molecule has 2 heterocycles. The smallest absolute Gasteiger partial charge is 0.0417 e. The number of hydrogen-bond acceptors (Lipinski definition) is 3. The van der Waals surface area contributed by atoms with Crippen LogP contribution in [0.1, 0.15) is 32.6 Å². The first-order valence-electron chi connectivity index (χ1n) is 8.13. The molecule has 0 amide bonds. The van der Waals surface area contributed by atoms with Crippen molar-refractivity contribution in [3.63, 3.8) is 0 Å². The Morgan fingerprint density at radius 3 is 2.43 bits per heavy atom. The van der Waals surface area contributed by atoms with Crippen LogP contribution < -0.4 is 0 Å². The number of benzene rings is 1. The van der Waals surface area contributed by atoms with Crippen LogP contribution in [0.15, 0.2) is 29.2 Å². The highest BCUT2D eigenvalue weighted by molar-refractivity contribution is 7.97. The van der Waals surface area contributed by atoms with Gasteiger partial charge in [-0.2, -0.15) is 0 Å². The van der Waals surface area contributed by atoms with Crippen molar-refractivity contribution in [1.29, 1.82) is 0 Å². The summed E-state index contributed by atoms with van der Waals surface area (Å²) in [5.41, 5.74) is 0. The molecule has 0 saturated carbocycles. The molecule has 4 heteroatoms. The van der Waals surface area contributed by atoms with E-state index in [1.54, 1.807) is 0 Å². The highest BCUT2D eigenvalue weighted by atomic mass is 35.5. The van der Waals surface area contributed by atoms with Gasteiger partial charge in [0.1, 0.15) is 0 Å². The zero-order chi connectivity index (χ0) is 14.7. The van der Waals surface area contributed by atoms with E-state index in [-0.39, 0.29) is 0 Å². The van der Waals surface area contributed by atoms with Crippen molar-refractivity contribution < 1.29 is 0 Å². The molecule has 2 aliphatic rings. The Kier molecular flexibility index (Phi) is 5.49. The molecule has 2 nitrogen and oxygen atoms in total. The summed E-state index contributed by atoms with van der Waals surface area (Å²) >= 11 is 7.92. The van der Waals surface area contributed by atoms with Gasteiger partial charge in [-0.15, -0.1) is 0 Å². The summed E-state index contributed by atoms with van der Waals surface area (Å²) in [6, 6.07) is 8.99. The van der Waals surface area contributed by atoms with E-state index < -0.39 is 0 Å². The van der Waals surface area contributed by atoms with Gasteiger partial charge in [0.15, 0.2) is 0 Å². The molecule has 1 aromatic carbocycles. The van der Waals surface area contributed by atoms with Gasteiger partial charge in [0.2, 0.25) is 0 Å². The molecular formula is C17H25ClN2S. The van der Waals surface area contributed by atoms with Crippen LogP contribution in [0, 0.1) is 5.92 Å². The normalized spacial score (nSPS) is 23.5. The molecule has 1 aromatic rings. The second kappa shape index (κ2) is 7.36. The molecule has 0 spiro atoms. The lowest BCUT2D eigenvalue weighted by Crippen LogP contribution is -2.46. The third kappa shape index (κ3) is 4.38. The van der Waals surface area contributed by atoms with Crippen LogP contribution in [0.5, 0.6) is 0 Å². The Morgan fingerprint density at radius 1 is 1.05 bits per heavy atom. The summed E-state index contributed by atoms with van der Waals surface area (Å²) in [7, 11) is 0. The van der Waals surface area contributed by atoms with Gasteiger partial charge in [0.05, 0.1) is 0 Å². The summed E-state index contributed by atoms with van der Waals surface area (Å²) in [4.78, 5) is 3.99. The molecule has 2 fully saturated rings. The molecule has 2 saturated heterocycles. The van der Waals surface area contributed by atoms with E-state index in [9.17, 15) is 0 Å². The van der Waals surface area contributed by atoms with Crippen molar-refractivity contribution in [2.75, 3.05) is 26.2 Å². The first kappa shape index (κ1) is 15.7. The summed E-state index contributed by atoms with van der Waals surface area (Å²) in [6.45, 7) is 7.39. The Hall–Kier alpha value is -0.220. The van der Waals surface area contributed by atoms with Crippen LogP contribution in [-0.4, -0.2) is 41.4 Å². The van der Waals surface area contributed by atoms with Gasteiger partial charge in [0.25, 0.3) is 0 Å². The lowest BCUT2D eigenvalue weighted by Gasteiger charge is -2.41. The third-order valence-corrected chi connectivity index (χ3v) is 6.11. The molecule has 0 radical (unpaired) electrons. The van der Waals surface area contributed by atoms with Crippen molar-refractivity contribution in [2.45, 2.75) is 43.5 Å². The topological polar surface area (TPSA) is 6.48 Å². The lowest BCUT2D eigenvalue weighted by atomic mass is 9.95. The maximum Gasteiger partial charge on any atom is 0.0417 e. The monoisotopic (exact) mass is 324 g/mol. The van der Waals surface area contributed by atoms with Crippen molar-refractivity contribution in [1.82, 2.24) is 9.21 Å². The zero-order valence-corrected chi connectivity index (χ0v) is 14.4. The number of hydrogen-bond donors (Lipinski definition) is 0. The number of nitrogens with zero attached hydrogens (tertiary/aromatic N) is 2. The molecular weight excluding hydrogens is 300 g/mol. The highest BCUT2D eigenvalue weighted by Crippen LogP contribution is 2.30. The van der Waals surface area contributed by atoms with Crippen molar-refractivity contribution in [3.8, 4) is 0 Å². The third-order valence-electron chi connectivity index (χ3n) is 4.79. The first-order chi connectivity index (χ1) is 10.2. The van der Waals surface area contributed by atoms with Gasteiger partial charge >= 0.3 is 0 Å². The van der Waals surface area contributed by atoms with Crippen molar-refractivity contribution in [3.05, 3.63) is 29.3 Å². The molecule has 0 bridgehead atoms. The van der Waals surface area contributed by atoms with Crippen LogP contribution in [-0.2, 0) is 0 Å². The van der Waals surface area contributed by atoms with Crippen LogP contribution in [0.25, 0.3) is 0 Å². The Labute approximate surface area is 138 Å². The molecule has 0 unspecified atom stereocenters. The summed E-state index contributed by atoms with van der Waals surface area (Å²) in [5, 5.41) is 0.831. The van der Waals surface area contributed by atoms with Gasteiger partial charge in [-0.25, -0.2) is 4.31 Å². The number of piperidine rings is 2. The summed E-state index contributed by atoms with van der Waals surface area (Å²) < 4.78 is 2.49. The van der Waals surface area contributed by atoms with Crippen LogP contribution >= 0.6 is 23.5 Å². The molecule has 0 atom stereocenters. The number of halogens is 1. The fourth-order valence-electron chi connectivity index (χ4n) is 3.37. The van der Waals surface area contributed by atoms with Gasteiger partial charge < -0.3 is 4.90 Å². The largest absolute Gasteiger partial charge is 0.300 e. The Morgan fingerprint density at radius 2 is 1.76 bits per heavy atom. The quantitative estimate of drug-likeness (QED) is 0.753. The van der Waals surface area contributed by atoms with E-state index in [1.807, 2.05) is 24.1 Å². The molecule has 2 aliphatic heterocycles. The van der Waals surface area contributed by atoms with Gasteiger partial charge in [-0.1, -0.05) is 24.6 Å². The molecule has 116 valence electrons. The zero-order valence-electron chi connectivity index (χ0n) is 12.8. The molecule has 0 N–H and O–H groups in total. The van der Waals surface area contributed by atoms with Crippen LogP contribution in [0.3, 0.4) is 0 Å². The Balaban J connectivity index is 1.47. The molecule has 0 aliphatic carbocycles. The van der Waals surface area contributed by atoms with Gasteiger partial charge in [-0.3, -0.25) is 0 Å². The predicted molar refractivity (Wildman–Crippen MR) is 91.9 cm³/mol. The highest BCUT2D eigenvalue weighted by Gasteiger charge is 2.27. The van der Waals surface area contributed by atoms with E-state index >= 15 is 0 Å². The second-order valence-electron chi connectivity index (χ2n) is 6.43. The van der Waals surface area contributed by atoms with E-state index in [0.717, 1.165) is 17.0 Å². The average molecular weight is 325 g/mol. The van der Waals surface area contributed by atoms with Crippen molar-refractivity contribution >= 4 is 23.5 Å². The summed E-state index contributed by atoms with van der Waals surface area (Å²) in [6.07, 6.45) is 5.39. The second-order valence-corrected chi connectivity index (χ2v) is 8.03. The minimum Gasteiger partial charge on any atom is -0.300 e. The number of likely N-dealkylation sites (tertiary alicyclic amines) is 1. The molecule has 0 aromatic heterocycles.